The maximum Gasteiger partial charge on any atom is 0.112 e. The summed E-state index contributed by atoms with van der Waals surface area (Å²) in [6.45, 7) is 6.52. The Balaban J connectivity index is 2.79. The molecule has 1 saturated heterocycles. The molecule has 0 saturated carbocycles. The van der Waals surface area contributed by atoms with E-state index < -0.39 is 0 Å². The van der Waals surface area contributed by atoms with Gasteiger partial charge in [0.1, 0.15) is 7.85 Å². The zero-order chi connectivity index (χ0) is 10.8. The van der Waals surface area contributed by atoms with Gasteiger partial charge in [0.2, 0.25) is 0 Å². The highest BCUT2D eigenvalue weighted by atomic mass is 16.6. The second kappa shape index (κ2) is 4.67. The molecule has 0 bridgehead atoms. The van der Waals surface area contributed by atoms with E-state index in [1.807, 2.05) is 0 Å². The van der Waals surface area contributed by atoms with E-state index in [2.05, 4.69) is 20.8 Å². The fraction of sp³-hybridized carbons (Fsp3) is 1.00. The summed E-state index contributed by atoms with van der Waals surface area (Å²) in [6, 6.07) is -0.263. The van der Waals surface area contributed by atoms with Crippen molar-refractivity contribution in [3.63, 3.8) is 0 Å². The van der Waals surface area contributed by atoms with E-state index >= 15 is 0 Å². The first-order valence-electron chi connectivity index (χ1n) is 5.57. The van der Waals surface area contributed by atoms with Crippen molar-refractivity contribution in [3.8, 4) is 0 Å². The van der Waals surface area contributed by atoms with Gasteiger partial charge in [-0.15, -0.1) is 0 Å². The number of hydrogen-bond donors (Lipinski definition) is 0. The third-order valence-corrected chi connectivity index (χ3v) is 3.56. The zero-order valence-electron chi connectivity index (χ0n) is 9.75. The van der Waals surface area contributed by atoms with Crippen LogP contribution in [0, 0.1) is 5.92 Å². The van der Waals surface area contributed by atoms with E-state index in [4.69, 9.17) is 17.3 Å². The maximum absolute atomic E-state index is 5.91. The molecule has 1 rings (SSSR count). The highest BCUT2D eigenvalue weighted by molar-refractivity contribution is 6.11. The van der Waals surface area contributed by atoms with Crippen LogP contribution in [0.15, 0.2) is 0 Å². The van der Waals surface area contributed by atoms with Crippen LogP contribution >= 0.6 is 0 Å². The molecule has 2 nitrogen and oxygen atoms in total. The molecule has 4 atom stereocenters. The first kappa shape index (κ1) is 12.1. The van der Waals surface area contributed by atoms with Gasteiger partial charge in [0.25, 0.3) is 0 Å². The Bertz CT molecular complexity index is 186. The molecule has 1 fully saturated rings. The van der Waals surface area contributed by atoms with Gasteiger partial charge in [0, 0.05) is 19.0 Å². The third kappa shape index (κ3) is 1.85. The van der Waals surface area contributed by atoms with Crippen LogP contribution in [-0.2, 0) is 9.47 Å². The van der Waals surface area contributed by atoms with Gasteiger partial charge < -0.3 is 9.47 Å². The molecule has 1 unspecified atom stereocenters. The first-order valence-corrected chi connectivity index (χ1v) is 5.57. The molecule has 0 amide bonds. The van der Waals surface area contributed by atoms with E-state index in [9.17, 15) is 0 Å². The molecular formula is C11H21BO2. The van der Waals surface area contributed by atoms with Gasteiger partial charge in [-0.05, 0) is 12.8 Å². The van der Waals surface area contributed by atoms with Gasteiger partial charge in [-0.1, -0.05) is 27.2 Å². The molecule has 0 spiro atoms. The molecule has 1 aliphatic heterocycles. The molecule has 0 N–H and O–H groups in total. The Morgan fingerprint density at radius 3 is 2.43 bits per heavy atom. The van der Waals surface area contributed by atoms with Crippen molar-refractivity contribution in [2.45, 2.75) is 57.7 Å². The van der Waals surface area contributed by atoms with Crippen molar-refractivity contribution in [1.29, 1.82) is 0 Å². The van der Waals surface area contributed by atoms with Gasteiger partial charge in [0.15, 0.2) is 0 Å². The fourth-order valence-electron chi connectivity index (χ4n) is 2.66. The molecule has 2 radical (unpaired) electrons. The monoisotopic (exact) mass is 196 g/mol. The van der Waals surface area contributed by atoms with Gasteiger partial charge in [-0.25, -0.2) is 0 Å². The number of ether oxygens (including phenoxy) is 2. The SMILES string of the molecule is [B][C@@H]1O[C@@](CC)(CCC)[C@H](C)C1OC. The summed E-state index contributed by atoms with van der Waals surface area (Å²) < 4.78 is 11.3. The van der Waals surface area contributed by atoms with Crippen molar-refractivity contribution in [2.75, 3.05) is 7.11 Å². The van der Waals surface area contributed by atoms with Crippen LogP contribution in [0.4, 0.5) is 0 Å². The summed E-state index contributed by atoms with van der Waals surface area (Å²) in [6.07, 6.45) is 3.25. The largest absolute Gasteiger partial charge is 0.379 e. The lowest BCUT2D eigenvalue weighted by Gasteiger charge is -2.32. The number of rotatable bonds is 4. The standard InChI is InChI=1S/C11H21BO2/c1-5-7-11(6-2)8(3)9(13-4)10(12)14-11/h8-10H,5-7H2,1-4H3/t8-,9?,10-,11+/m1/s1. The second-order valence-corrected chi connectivity index (χ2v) is 4.24. The fourth-order valence-corrected chi connectivity index (χ4v) is 2.66. The normalized spacial score (nSPS) is 43.0. The highest BCUT2D eigenvalue weighted by Gasteiger charge is 2.48. The Morgan fingerprint density at radius 2 is 2.07 bits per heavy atom. The molecule has 14 heavy (non-hydrogen) atoms. The van der Waals surface area contributed by atoms with Crippen LogP contribution in [0.5, 0.6) is 0 Å². The molecule has 1 heterocycles. The number of methoxy groups -OCH3 is 1. The van der Waals surface area contributed by atoms with Crippen molar-refractivity contribution in [1.82, 2.24) is 0 Å². The molecule has 1 aliphatic rings. The summed E-state index contributed by atoms with van der Waals surface area (Å²) in [5.74, 6) is 0.382. The molecular weight excluding hydrogens is 175 g/mol. The lowest BCUT2D eigenvalue weighted by atomic mass is 9.79. The average molecular weight is 196 g/mol. The summed E-state index contributed by atoms with van der Waals surface area (Å²) in [5, 5.41) is 0. The molecule has 0 aromatic rings. The van der Waals surface area contributed by atoms with Gasteiger partial charge >= 0.3 is 0 Å². The van der Waals surface area contributed by atoms with Gasteiger partial charge in [-0.3, -0.25) is 0 Å². The van der Waals surface area contributed by atoms with Crippen LogP contribution < -0.4 is 0 Å². The quantitative estimate of drug-likeness (QED) is 0.641. The lowest BCUT2D eigenvalue weighted by Crippen LogP contribution is -2.36. The van der Waals surface area contributed by atoms with Crippen molar-refractivity contribution in [3.05, 3.63) is 0 Å². The summed E-state index contributed by atoms with van der Waals surface area (Å²) in [7, 11) is 7.62. The van der Waals surface area contributed by atoms with Gasteiger partial charge in [0.05, 0.1) is 11.7 Å². The van der Waals surface area contributed by atoms with Crippen LogP contribution in [0.3, 0.4) is 0 Å². The topological polar surface area (TPSA) is 18.5 Å². The van der Waals surface area contributed by atoms with E-state index in [0.717, 1.165) is 19.3 Å². The predicted octanol–water partition coefficient (Wildman–Crippen LogP) is 2.11. The van der Waals surface area contributed by atoms with Crippen LogP contribution in [-0.4, -0.2) is 32.7 Å². The van der Waals surface area contributed by atoms with Crippen LogP contribution in [0.25, 0.3) is 0 Å². The molecule has 0 aromatic heterocycles. The van der Waals surface area contributed by atoms with Crippen LogP contribution in [0.1, 0.15) is 40.0 Å². The summed E-state index contributed by atoms with van der Waals surface area (Å²) >= 11 is 0. The molecule has 80 valence electrons. The van der Waals surface area contributed by atoms with E-state index in [-0.39, 0.29) is 17.7 Å². The average Bonchev–Trinajstić information content (AvgIpc) is 2.40. The lowest BCUT2D eigenvalue weighted by molar-refractivity contribution is -0.0416. The molecule has 3 heteroatoms. The highest BCUT2D eigenvalue weighted by Crippen LogP contribution is 2.42. The van der Waals surface area contributed by atoms with E-state index in [0.29, 0.717) is 5.92 Å². The van der Waals surface area contributed by atoms with Crippen molar-refractivity contribution in [2.24, 2.45) is 5.92 Å². The molecule has 0 aliphatic carbocycles. The Hall–Kier alpha value is -0.0151. The van der Waals surface area contributed by atoms with Crippen LogP contribution in [0.2, 0.25) is 0 Å². The first-order chi connectivity index (χ1) is 6.61. The molecule has 0 aromatic carbocycles. The van der Waals surface area contributed by atoms with Crippen molar-refractivity contribution < 1.29 is 9.47 Å². The van der Waals surface area contributed by atoms with E-state index in [1.54, 1.807) is 7.11 Å². The third-order valence-electron chi connectivity index (χ3n) is 3.56. The summed E-state index contributed by atoms with van der Waals surface area (Å²) in [5.41, 5.74) is -0.0607. The van der Waals surface area contributed by atoms with Gasteiger partial charge in [-0.2, -0.15) is 0 Å². The minimum atomic E-state index is -0.263. The number of hydrogen-bond acceptors (Lipinski definition) is 2. The Morgan fingerprint density at radius 1 is 1.43 bits per heavy atom. The summed E-state index contributed by atoms with van der Waals surface area (Å²) in [4.78, 5) is 0. The minimum Gasteiger partial charge on any atom is -0.379 e. The Kier molecular flexibility index (Phi) is 4.02. The maximum atomic E-state index is 5.91. The second-order valence-electron chi connectivity index (χ2n) is 4.24. The minimum absolute atomic E-state index is 0.0431. The predicted molar refractivity (Wildman–Crippen MR) is 58.5 cm³/mol. The van der Waals surface area contributed by atoms with E-state index in [1.165, 1.54) is 0 Å². The Labute approximate surface area is 88.8 Å². The van der Waals surface area contributed by atoms with Crippen molar-refractivity contribution >= 4 is 7.85 Å². The smallest absolute Gasteiger partial charge is 0.112 e. The zero-order valence-corrected chi connectivity index (χ0v) is 9.75.